The van der Waals surface area contributed by atoms with Gasteiger partial charge in [-0.05, 0) is 39.3 Å². The third kappa shape index (κ3) is 8.16. The highest BCUT2D eigenvalue weighted by Gasteiger charge is 2.21. The summed E-state index contributed by atoms with van der Waals surface area (Å²) in [6.45, 7) is 10.2. The van der Waals surface area contributed by atoms with Gasteiger partial charge in [-0.15, -0.1) is 0 Å². The molecular weight excluding hydrogens is 374 g/mol. The van der Waals surface area contributed by atoms with Crippen LogP contribution in [0.1, 0.15) is 41.1 Å². The van der Waals surface area contributed by atoms with Gasteiger partial charge in [0.15, 0.2) is 0 Å². The molecule has 1 aliphatic rings. The normalized spacial score (nSPS) is 14.7. The smallest absolute Gasteiger partial charge is 0.257 e. The molecule has 2 rings (SSSR count). The number of furan rings is 1. The Hall–Kier alpha value is -1.90. The number of methoxy groups -OCH3 is 1. The van der Waals surface area contributed by atoms with E-state index in [1.807, 2.05) is 6.92 Å². The van der Waals surface area contributed by atoms with Crippen LogP contribution in [-0.4, -0.2) is 87.8 Å². The number of ether oxygens (including phenoxy) is 2. The number of carbonyl (C=O) groups excluding carboxylic acids is 2. The Morgan fingerprint density at radius 3 is 2.62 bits per heavy atom. The Labute approximate surface area is 173 Å². The van der Waals surface area contributed by atoms with Crippen LogP contribution in [0.5, 0.6) is 0 Å². The van der Waals surface area contributed by atoms with Crippen molar-refractivity contribution in [2.24, 2.45) is 0 Å². The van der Waals surface area contributed by atoms with Gasteiger partial charge in [-0.25, -0.2) is 0 Å². The first-order valence-corrected chi connectivity index (χ1v) is 10.4. The van der Waals surface area contributed by atoms with Crippen LogP contribution in [-0.2, 0) is 14.3 Å². The molecule has 1 saturated heterocycles. The molecule has 29 heavy (non-hydrogen) atoms. The largest absolute Gasteiger partial charge is 0.466 e. The second kappa shape index (κ2) is 12.6. The summed E-state index contributed by atoms with van der Waals surface area (Å²) in [5, 5.41) is 2.96. The molecule has 0 aromatic carbocycles. The van der Waals surface area contributed by atoms with Crippen molar-refractivity contribution < 1.29 is 23.5 Å². The molecule has 0 spiro atoms. The van der Waals surface area contributed by atoms with Crippen LogP contribution in [0.4, 0.5) is 0 Å². The van der Waals surface area contributed by atoms with E-state index in [1.54, 1.807) is 25.0 Å². The van der Waals surface area contributed by atoms with Crippen LogP contribution in [0.2, 0.25) is 0 Å². The van der Waals surface area contributed by atoms with E-state index in [-0.39, 0.29) is 18.2 Å². The van der Waals surface area contributed by atoms with E-state index >= 15 is 0 Å². The topological polar surface area (TPSA) is 84.3 Å². The van der Waals surface area contributed by atoms with Gasteiger partial charge in [0.25, 0.3) is 5.91 Å². The Balaban J connectivity index is 1.76. The molecule has 0 aliphatic carbocycles. The minimum Gasteiger partial charge on any atom is -0.466 e. The standard InChI is InChI=1S/C21H35N3O5/c1-17-16-19(18(2)29-17)21(26)24(9-5-13-27-3)10-6-20(25)22-7-4-8-23-11-14-28-15-12-23/h16H,4-15H2,1-3H3,(H,22,25). The first kappa shape index (κ1) is 23.4. The maximum absolute atomic E-state index is 12.9. The second-order valence-corrected chi connectivity index (χ2v) is 7.37. The quantitative estimate of drug-likeness (QED) is 0.528. The third-order valence-corrected chi connectivity index (χ3v) is 5.02. The summed E-state index contributed by atoms with van der Waals surface area (Å²) in [6.07, 6.45) is 1.92. The van der Waals surface area contributed by atoms with Crippen molar-refractivity contribution in [3.05, 3.63) is 23.2 Å². The Bertz CT molecular complexity index is 640. The van der Waals surface area contributed by atoms with Gasteiger partial charge >= 0.3 is 0 Å². The van der Waals surface area contributed by atoms with E-state index in [2.05, 4.69) is 10.2 Å². The van der Waals surface area contributed by atoms with Gasteiger partial charge < -0.3 is 24.1 Å². The number of amides is 2. The average Bonchev–Trinajstić information content (AvgIpc) is 3.06. The van der Waals surface area contributed by atoms with Crippen LogP contribution < -0.4 is 5.32 Å². The van der Waals surface area contributed by atoms with Crippen LogP contribution in [0.3, 0.4) is 0 Å². The lowest BCUT2D eigenvalue weighted by Crippen LogP contribution is -2.39. The van der Waals surface area contributed by atoms with E-state index < -0.39 is 0 Å². The Kier molecular flexibility index (Phi) is 10.2. The number of nitrogens with zero attached hydrogens (tertiary/aromatic N) is 2. The van der Waals surface area contributed by atoms with Gasteiger partial charge in [0.2, 0.25) is 5.91 Å². The van der Waals surface area contributed by atoms with Crippen molar-refractivity contribution in [2.45, 2.75) is 33.1 Å². The van der Waals surface area contributed by atoms with E-state index in [4.69, 9.17) is 13.9 Å². The first-order valence-electron chi connectivity index (χ1n) is 10.4. The maximum atomic E-state index is 12.9. The molecule has 1 aromatic rings. The number of carbonyl (C=O) groups is 2. The molecule has 0 bridgehead atoms. The molecule has 164 valence electrons. The summed E-state index contributed by atoms with van der Waals surface area (Å²) < 4.78 is 15.9. The van der Waals surface area contributed by atoms with Crippen LogP contribution in [0.15, 0.2) is 10.5 Å². The maximum Gasteiger partial charge on any atom is 0.257 e. The molecule has 1 aromatic heterocycles. The van der Waals surface area contributed by atoms with E-state index in [0.717, 1.165) is 45.7 Å². The fourth-order valence-corrected chi connectivity index (χ4v) is 3.41. The zero-order valence-corrected chi connectivity index (χ0v) is 18.0. The molecule has 0 radical (unpaired) electrons. The highest BCUT2D eigenvalue weighted by atomic mass is 16.5. The van der Waals surface area contributed by atoms with E-state index in [1.165, 1.54) is 0 Å². The molecular formula is C21H35N3O5. The molecule has 8 heteroatoms. The number of hydrogen-bond acceptors (Lipinski definition) is 6. The SMILES string of the molecule is COCCCN(CCC(=O)NCCCN1CCOCC1)C(=O)c1cc(C)oc1C. The minimum absolute atomic E-state index is 0.0309. The first-order chi connectivity index (χ1) is 14.0. The van der Waals surface area contributed by atoms with Crippen molar-refractivity contribution >= 4 is 11.8 Å². The molecule has 2 heterocycles. The number of hydrogen-bond donors (Lipinski definition) is 1. The number of nitrogens with one attached hydrogen (secondary N) is 1. The summed E-state index contributed by atoms with van der Waals surface area (Å²) in [4.78, 5) is 29.2. The Morgan fingerprint density at radius 2 is 1.97 bits per heavy atom. The lowest BCUT2D eigenvalue weighted by Gasteiger charge is -2.26. The van der Waals surface area contributed by atoms with Crippen molar-refractivity contribution in [1.82, 2.24) is 15.1 Å². The van der Waals surface area contributed by atoms with Crippen LogP contribution in [0.25, 0.3) is 0 Å². The molecule has 0 saturated carbocycles. The lowest BCUT2D eigenvalue weighted by molar-refractivity contribution is -0.121. The molecule has 1 aliphatic heterocycles. The van der Waals surface area contributed by atoms with Gasteiger partial charge in [-0.3, -0.25) is 14.5 Å². The van der Waals surface area contributed by atoms with Gasteiger partial charge in [0.05, 0.1) is 18.8 Å². The van der Waals surface area contributed by atoms with Crippen molar-refractivity contribution in [3.8, 4) is 0 Å². The summed E-state index contributed by atoms with van der Waals surface area (Å²) in [5.41, 5.74) is 0.561. The van der Waals surface area contributed by atoms with Gasteiger partial charge in [-0.1, -0.05) is 0 Å². The lowest BCUT2D eigenvalue weighted by atomic mass is 10.2. The van der Waals surface area contributed by atoms with Crippen LogP contribution in [0, 0.1) is 13.8 Å². The predicted molar refractivity (Wildman–Crippen MR) is 110 cm³/mol. The fraction of sp³-hybridized carbons (Fsp3) is 0.714. The van der Waals surface area contributed by atoms with Crippen molar-refractivity contribution in [1.29, 1.82) is 0 Å². The molecule has 2 amide bonds. The minimum atomic E-state index is -0.101. The molecule has 1 fully saturated rings. The number of morpholine rings is 1. The van der Waals surface area contributed by atoms with Crippen molar-refractivity contribution in [2.75, 3.05) is 66.2 Å². The fourth-order valence-electron chi connectivity index (χ4n) is 3.41. The summed E-state index contributed by atoms with van der Waals surface area (Å²) in [6, 6.07) is 1.76. The summed E-state index contributed by atoms with van der Waals surface area (Å²) >= 11 is 0. The van der Waals surface area contributed by atoms with Crippen LogP contribution >= 0.6 is 0 Å². The van der Waals surface area contributed by atoms with E-state index in [0.29, 0.717) is 43.3 Å². The zero-order valence-electron chi connectivity index (χ0n) is 18.0. The van der Waals surface area contributed by atoms with Gasteiger partial charge in [0, 0.05) is 52.9 Å². The summed E-state index contributed by atoms with van der Waals surface area (Å²) in [7, 11) is 1.64. The Morgan fingerprint density at radius 1 is 1.21 bits per heavy atom. The molecule has 0 unspecified atom stereocenters. The molecule has 8 nitrogen and oxygen atoms in total. The van der Waals surface area contributed by atoms with E-state index in [9.17, 15) is 9.59 Å². The third-order valence-electron chi connectivity index (χ3n) is 5.02. The molecule has 1 N–H and O–H groups in total. The van der Waals surface area contributed by atoms with Gasteiger partial charge in [-0.2, -0.15) is 0 Å². The van der Waals surface area contributed by atoms with Crippen molar-refractivity contribution in [3.63, 3.8) is 0 Å². The molecule has 0 atom stereocenters. The summed E-state index contributed by atoms with van der Waals surface area (Å²) in [5.74, 6) is 1.18. The number of aryl methyl sites for hydroxylation is 2. The second-order valence-electron chi connectivity index (χ2n) is 7.37. The monoisotopic (exact) mass is 409 g/mol. The number of rotatable bonds is 12. The van der Waals surface area contributed by atoms with Gasteiger partial charge in [0.1, 0.15) is 11.5 Å². The predicted octanol–water partition coefficient (Wildman–Crippen LogP) is 1.60. The zero-order chi connectivity index (χ0) is 21.1. The highest BCUT2D eigenvalue weighted by Crippen LogP contribution is 2.16. The average molecular weight is 410 g/mol. The highest BCUT2D eigenvalue weighted by molar-refractivity contribution is 5.95.